The Hall–Kier alpha value is -2.81. The minimum absolute atomic E-state index is 0.175. The fraction of sp³-hybridized carbons (Fsp3) is 0.0952. The van der Waals surface area contributed by atoms with Crippen LogP contribution in [0.1, 0.15) is 17.2 Å². The maximum absolute atomic E-state index is 14.3. The van der Waals surface area contributed by atoms with Crippen LogP contribution in [0.2, 0.25) is 5.02 Å². The van der Waals surface area contributed by atoms with Crippen molar-refractivity contribution in [1.82, 2.24) is 4.31 Å². The summed E-state index contributed by atoms with van der Waals surface area (Å²) in [6.07, 6.45) is 0. The zero-order chi connectivity index (χ0) is 21.9. The molecule has 0 aliphatic heterocycles. The molecule has 5 nitrogen and oxygen atoms in total. The van der Waals surface area contributed by atoms with E-state index in [-0.39, 0.29) is 10.5 Å². The first-order valence-corrected chi connectivity index (χ1v) is 10.6. The zero-order valence-corrected chi connectivity index (χ0v) is 17.1. The fourth-order valence-electron chi connectivity index (χ4n) is 3.00. The number of nitrogens with zero attached hydrogens (tertiary/aromatic N) is 1. The Balaban J connectivity index is 2.18. The van der Waals surface area contributed by atoms with Gasteiger partial charge in [0.25, 0.3) is 0 Å². The largest absolute Gasteiger partial charge is 0.368 e. The number of sulfonamides is 1. The smallest absolute Gasteiger partial charge is 0.244 e. The van der Waals surface area contributed by atoms with Gasteiger partial charge in [0.2, 0.25) is 15.9 Å². The van der Waals surface area contributed by atoms with Crippen LogP contribution in [0.15, 0.2) is 77.7 Å². The molecule has 0 unspecified atom stereocenters. The number of amides is 1. The minimum Gasteiger partial charge on any atom is -0.368 e. The molecular formula is C21H17ClF2N2O3S. The van der Waals surface area contributed by atoms with E-state index < -0.39 is 40.2 Å². The number of hydrogen-bond acceptors (Lipinski definition) is 3. The molecule has 9 heteroatoms. The third-order valence-electron chi connectivity index (χ3n) is 4.43. The molecule has 0 saturated carbocycles. The molecule has 3 aromatic rings. The predicted molar refractivity (Wildman–Crippen MR) is 109 cm³/mol. The summed E-state index contributed by atoms with van der Waals surface area (Å²) in [6.45, 7) is -0.614. The summed E-state index contributed by atoms with van der Waals surface area (Å²) in [4.78, 5) is 12.2. The Morgan fingerprint density at radius 1 is 1.00 bits per heavy atom. The highest BCUT2D eigenvalue weighted by atomic mass is 35.5. The second-order valence-corrected chi connectivity index (χ2v) is 8.78. The first-order valence-electron chi connectivity index (χ1n) is 8.76. The van der Waals surface area contributed by atoms with Crippen LogP contribution in [0.5, 0.6) is 0 Å². The Morgan fingerprint density at radius 3 is 2.23 bits per heavy atom. The van der Waals surface area contributed by atoms with Gasteiger partial charge >= 0.3 is 0 Å². The van der Waals surface area contributed by atoms with Gasteiger partial charge in [0.15, 0.2) is 0 Å². The molecule has 1 amide bonds. The van der Waals surface area contributed by atoms with E-state index in [2.05, 4.69) is 0 Å². The van der Waals surface area contributed by atoms with Crippen molar-refractivity contribution in [1.29, 1.82) is 0 Å². The van der Waals surface area contributed by atoms with Crippen LogP contribution in [-0.4, -0.2) is 18.6 Å². The SMILES string of the molecule is NC(=O)[C@@H](c1ccccc1)N(Cc1cc(F)ccc1F)S(=O)(=O)c1ccc(Cl)cc1. The quantitative estimate of drug-likeness (QED) is 0.590. The van der Waals surface area contributed by atoms with E-state index in [4.69, 9.17) is 17.3 Å². The van der Waals surface area contributed by atoms with Gasteiger partial charge < -0.3 is 5.73 Å². The lowest BCUT2D eigenvalue weighted by Gasteiger charge is -2.29. The molecule has 0 aliphatic rings. The predicted octanol–water partition coefficient (Wildman–Crippen LogP) is 4.04. The molecule has 0 heterocycles. The van der Waals surface area contributed by atoms with Crippen LogP contribution in [0, 0.1) is 11.6 Å². The van der Waals surface area contributed by atoms with Crippen LogP contribution < -0.4 is 5.73 Å². The van der Waals surface area contributed by atoms with Gasteiger partial charge in [0.05, 0.1) is 4.90 Å². The van der Waals surface area contributed by atoms with Crippen molar-refractivity contribution in [3.8, 4) is 0 Å². The van der Waals surface area contributed by atoms with E-state index >= 15 is 0 Å². The van der Waals surface area contributed by atoms with Gasteiger partial charge in [-0.25, -0.2) is 17.2 Å². The minimum atomic E-state index is -4.35. The number of nitrogens with two attached hydrogens (primary N) is 1. The van der Waals surface area contributed by atoms with E-state index in [1.165, 1.54) is 36.4 Å². The van der Waals surface area contributed by atoms with E-state index in [1.807, 2.05) is 0 Å². The van der Waals surface area contributed by atoms with Crippen LogP contribution in [-0.2, 0) is 21.4 Å². The van der Waals surface area contributed by atoms with E-state index in [0.717, 1.165) is 22.5 Å². The maximum atomic E-state index is 14.3. The van der Waals surface area contributed by atoms with E-state index in [1.54, 1.807) is 18.2 Å². The van der Waals surface area contributed by atoms with Crippen LogP contribution in [0.3, 0.4) is 0 Å². The van der Waals surface area contributed by atoms with Crippen LogP contribution in [0.25, 0.3) is 0 Å². The standard InChI is InChI=1S/C21H17ClF2N2O3S/c22-16-6-9-18(10-7-16)30(28,29)26(13-15-12-17(23)8-11-19(15)24)20(21(25)27)14-4-2-1-3-5-14/h1-12,20H,13H2,(H2,25,27)/t20-/m1/s1. The Kier molecular flexibility index (Phi) is 6.50. The Morgan fingerprint density at radius 2 is 1.63 bits per heavy atom. The molecule has 0 aromatic heterocycles. The molecule has 30 heavy (non-hydrogen) atoms. The highest BCUT2D eigenvalue weighted by Crippen LogP contribution is 2.31. The molecule has 3 rings (SSSR count). The van der Waals surface area contributed by atoms with E-state index in [9.17, 15) is 22.0 Å². The Bertz CT molecular complexity index is 1160. The number of carbonyl (C=O) groups excluding carboxylic acids is 1. The third kappa shape index (κ3) is 4.67. The highest BCUT2D eigenvalue weighted by Gasteiger charge is 2.36. The molecule has 3 aromatic carbocycles. The normalized spacial score (nSPS) is 12.7. The molecule has 1 atom stereocenters. The summed E-state index contributed by atoms with van der Waals surface area (Å²) in [5, 5.41) is 0.311. The van der Waals surface area contributed by atoms with Gasteiger partial charge in [-0.2, -0.15) is 4.31 Å². The number of primary amides is 1. The van der Waals surface area contributed by atoms with E-state index in [0.29, 0.717) is 10.6 Å². The summed E-state index contributed by atoms with van der Waals surface area (Å²) < 4.78 is 55.6. The summed E-state index contributed by atoms with van der Waals surface area (Å²) in [5.41, 5.74) is 5.61. The number of carbonyl (C=O) groups is 1. The van der Waals surface area contributed by atoms with Crippen molar-refractivity contribution < 1.29 is 22.0 Å². The maximum Gasteiger partial charge on any atom is 0.244 e. The van der Waals surface area contributed by atoms with Gasteiger partial charge in [-0.1, -0.05) is 41.9 Å². The van der Waals surface area contributed by atoms with Crippen LogP contribution >= 0.6 is 11.6 Å². The topological polar surface area (TPSA) is 80.5 Å². The van der Waals surface area contributed by atoms with Gasteiger partial charge in [-0.3, -0.25) is 4.79 Å². The first-order chi connectivity index (χ1) is 14.2. The molecule has 0 saturated heterocycles. The summed E-state index contributed by atoms with van der Waals surface area (Å²) in [6, 6.07) is 14.5. The number of hydrogen-bond donors (Lipinski definition) is 1. The lowest BCUT2D eigenvalue weighted by atomic mass is 10.1. The van der Waals surface area contributed by atoms with Crippen molar-refractivity contribution in [2.45, 2.75) is 17.5 Å². The fourth-order valence-corrected chi connectivity index (χ4v) is 4.69. The second-order valence-electron chi connectivity index (χ2n) is 6.46. The second kappa shape index (κ2) is 8.91. The average molecular weight is 451 g/mol. The molecule has 156 valence electrons. The molecule has 2 N–H and O–H groups in total. The number of halogens is 3. The molecular weight excluding hydrogens is 434 g/mol. The van der Waals surface area contributed by atoms with Gasteiger partial charge in [0.1, 0.15) is 17.7 Å². The number of benzene rings is 3. The summed E-state index contributed by atoms with van der Waals surface area (Å²) in [7, 11) is -4.35. The zero-order valence-electron chi connectivity index (χ0n) is 15.5. The molecule has 0 spiro atoms. The average Bonchev–Trinajstić information content (AvgIpc) is 2.71. The van der Waals surface area contributed by atoms with Crippen molar-refractivity contribution in [3.05, 3.63) is 101 Å². The first kappa shape index (κ1) is 21.9. The molecule has 0 radical (unpaired) electrons. The third-order valence-corrected chi connectivity index (χ3v) is 6.50. The summed E-state index contributed by atoms with van der Waals surface area (Å²) in [5.74, 6) is -2.52. The highest BCUT2D eigenvalue weighted by molar-refractivity contribution is 7.89. The number of rotatable bonds is 7. The molecule has 0 bridgehead atoms. The molecule has 0 aliphatic carbocycles. The van der Waals surface area contributed by atoms with Crippen molar-refractivity contribution in [2.75, 3.05) is 0 Å². The van der Waals surface area contributed by atoms with Gasteiger partial charge in [-0.05, 0) is 48.0 Å². The lowest BCUT2D eigenvalue weighted by molar-refractivity contribution is -0.122. The van der Waals surface area contributed by atoms with Gasteiger partial charge in [0, 0.05) is 17.1 Å². The molecule has 0 fully saturated rings. The van der Waals surface area contributed by atoms with Crippen LogP contribution in [0.4, 0.5) is 8.78 Å². The lowest BCUT2D eigenvalue weighted by Crippen LogP contribution is -2.41. The monoisotopic (exact) mass is 450 g/mol. The van der Waals surface area contributed by atoms with Gasteiger partial charge in [-0.15, -0.1) is 0 Å². The summed E-state index contributed by atoms with van der Waals surface area (Å²) >= 11 is 5.84. The van der Waals surface area contributed by atoms with Crippen molar-refractivity contribution >= 4 is 27.5 Å². The Labute approximate surface area is 177 Å². The van der Waals surface area contributed by atoms with Crippen molar-refractivity contribution in [2.24, 2.45) is 5.73 Å². The van der Waals surface area contributed by atoms with Crippen molar-refractivity contribution in [3.63, 3.8) is 0 Å².